The molecule has 2 aromatic rings. The largest absolute Gasteiger partial charge is 0.478 e. The molecule has 0 aliphatic rings. The third-order valence-corrected chi connectivity index (χ3v) is 2.52. The first-order chi connectivity index (χ1) is 8.09. The first-order valence-electron chi connectivity index (χ1n) is 5.04. The summed E-state index contributed by atoms with van der Waals surface area (Å²) >= 11 is 0. The zero-order chi connectivity index (χ0) is 12.4. The Bertz CT molecular complexity index is 581. The number of rotatable bonds is 2. The van der Waals surface area contributed by atoms with Gasteiger partial charge in [0.25, 0.3) is 0 Å². The maximum Gasteiger partial charge on any atom is 0.338 e. The summed E-state index contributed by atoms with van der Waals surface area (Å²) in [4.78, 5) is 14.8. The number of benzene rings is 1. The molecule has 2 rings (SSSR count). The molecule has 0 fully saturated rings. The van der Waals surface area contributed by atoms with Crippen LogP contribution in [0.3, 0.4) is 0 Å². The molecule has 0 aliphatic heterocycles. The van der Waals surface area contributed by atoms with Gasteiger partial charge in [0.05, 0.1) is 5.56 Å². The maximum atomic E-state index is 13.5. The highest BCUT2D eigenvalue weighted by Gasteiger charge is 2.11. The van der Waals surface area contributed by atoms with Gasteiger partial charge in [-0.3, -0.25) is 4.98 Å². The summed E-state index contributed by atoms with van der Waals surface area (Å²) in [5.41, 5.74) is 1.87. The second-order valence-corrected chi connectivity index (χ2v) is 3.64. The molecule has 0 bridgehead atoms. The maximum absolute atomic E-state index is 13.5. The van der Waals surface area contributed by atoms with Crippen molar-refractivity contribution in [2.45, 2.75) is 6.92 Å². The number of halogens is 1. The number of hydrogen-bond acceptors (Lipinski definition) is 2. The number of carboxylic acids is 1. The van der Waals surface area contributed by atoms with Crippen molar-refractivity contribution in [2.24, 2.45) is 0 Å². The van der Waals surface area contributed by atoms with Gasteiger partial charge in [0, 0.05) is 17.5 Å². The van der Waals surface area contributed by atoms with E-state index in [1.807, 2.05) is 13.0 Å². The fraction of sp³-hybridized carbons (Fsp3) is 0.0769. The van der Waals surface area contributed by atoms with E-state index < -0.39 is 11.8 Å². The summed E-state index contributed by atoms with van der Waals surface area (Å²) in [5.74, 6) is -2.00. The van der Waals surface area contributed by atoms with E-state index in [2.05, 4.69) is 4.98 Å². The highest BCUT2D eigenvalue weighted by Crippen LogP contribution is 2.23. The van der Waals surface area contributed by atoms with Crippen LogP contribution >= 0.6 is 0 Å². The molecule has 0 spiro atoms. The van der Waals surface area contributed by atoms with E-state index in [1.54, 1.807) is 18.3 Å². The van der Waals surface area contributed by atoms with Gasteiger partial charge in [-0.25, -0.2) is 9.18 Å². The summed E-state index contributed by atoms with van der Waals surface area (Å²) in [6.07, 6.45) is 1.65. The van der Waals surface area contributed by atoms with Crippen LogP contribution in [0.5, 0.6) is 0 Å². The predicted octanol–water partition coefficient (Wildman–Crippen LogP) is 2.89. The summed E-state index contributed by atoms with van der Waals surface area (Å²) in [7, 11) is 0. The van der Waals surface area contributed by atoms with Gasteiger partial charge in [0.2, 0.25) is 0 Å². The van der Waals surface area contributed by atoms with Gasteiger partial charge in [-0.1, -0.05) is 12.1 Å². The number of carbonyl (C=O) groups is 1. The molecule has 0 radical (unpaired) electrons. The van der Waals surface area contributed by atoms with Crippen LogP contribution in [0.25, 0.3) is 11.1 Å². The van der Waals surface area contributed by atoms with E-state index in [9.17, 15) is 9.18 Å². The van der Waals surface area contributed by atoms with Crippen molar-refractivity contribution in [1.82, 2.24) is 4.98 Å². The Kier molecular flexibility index (Phi) is 2.87. The molecule has 0 saturated heterocycles. The van der Waals surface area contributed by atoms with Gasteiger partial charge in [-0.2, -0.15) is 0 Å². The minimum Gasteiger partial charge on any atom is -0.478 e. The van der Waals surface area contributed by atoms with Crippen LogP contribution in [0.4, 0.5) is 4.39 Å². The van der Waals surface area contributed by atoms with E-state index in [0.717, 1.165) is 11.3 Å². The van der Waals surface area contributed by atoms with E-state index in [1.165, 1.54) is 12.1 Å². The number of nitrogens with zero attached hydrogens (tertiary/aromatic N) is 1. The smallest absolute Gasteiger partial charge is 0.338 e. The van der Waals surface area contributed by atoms with E-state index in [-0.39, 0.29) is 5.56 Å². The topological polar surface area (TPSA) is 50.2 Å². The molecule has 1 heterocycles. The fourth-order valence-corrected chi connectivity index (χ4v) is 1.65. The quantitative estimate of drug-likeness (QED) is 0.864. The molecule has 17 heavy (non-hydrogen) atoms. The molecule has 3 nitrogen and oxygen atoms in total. The van der Waals surface area contributed by atoms with E-state index in [4.69, 9.17) is 5.11 Å². The van der Waals surface area contributed by atoms with Crippen molar-refractivity contribution in [2.75, 3.05) is 0 Å². The standard InChI is InChI=1S/C13H10FNO2/c1-8-10(3-2-6-15-8)9-4-5-11(13(16)17)12(14)7-9/h2-7H,1H3,(H,16,17). The SMILES string of the molecule is Cc1ncccc1-c1ccc(C(=O)O)c(F)c1. The monoisotopic (exact) mass is 231 g/mol. The minimum atomic E-state index is -1.27. The van der Waals surface area contributed by atoms with Crippen molar-refractivity contribution in [3.8, 4) is 11.1 Å². The number of aryl methyl sites for hydroxylation is 1. The highest BCUT2D eigenvalue weighted by atomic mass is 19.1. The van der Waals surface area contributed by atoms with Gasteiger partial charge in [-0.05, 0) is 30.7 Å². The predicted molar refractivity (Wildman–Crippen MR) is 61.3 cm³/mol. The Morgan fingerprint density at radius 2 is 2.12 bits per heavy atom. The van der Waals surface area contributed by atoms with Gasteiger partial charge in [-0.15, -0.1) is 0 Å². The number of aromatic nitrogens is 1. The van der Waals surface area contributed by atoms with E-state index in [0.29, 0.717) is 5.56 Å². The van der Waals surface area contributed by atoms with Gasteiger partial charge >= 0.3 is 5.97 Å². The zero-order valence-electron chi connectivity index (χ0n) is 9.14. The van der Waals surface area contributed by atoms with Crippen molar-refractivity contribution < 1.29 is 14.3 Å². The minimum absolute atomic E-state index is 0.324. The third kappa shape index (κ3) is 2.15. The lowest BCUT2D eigenvalue weighted by Gasteiger charge is -2.06. The highest BCUT2D eigenvalue weighted by molar-refractivity contribution is 5.88. The van der Waals surface area contributed by atoms with Crippen molar-refractivity contribution >= 4 is 5.97 Å². The van der Waals surface area contributed by atoms with Crippen LogP contribution in [0.15, 0.2) is 36.5 Å². The Labute approximate surface area is 97.6 Å². The molecular formula is C13H10FNO2. The normalized spacial score (nSPS) is 10.2. The summed E-state index contributed by atoms with van der Waals surface area (Å²) < 4.78 is 13.5. The Balaban J connectivity index is 2.52. The van der Waals surface area contributed by atoms with Crippen molar-refractivity contribution in [3.63, 3.8) is 0 Å². The van der Waals surface area contributed by atoms with Crippen LogP contribution in [0.1, 0.15) is 16.1 Å². The van der Waals surface area contributed by atoms with Crippen LogP contribution in [-0.2, 0) is 0 Å². The van der Waals surface area contributed by atoms with Gasteiger partial charge in [0.15, 0.2) is 0 Å². The van der Waals surface area contributed by atoms with Crippen LogP contribution in [-0.4, -0.2) is 16.1 Å². The third-order valence-electron chi connectivity index (χ3n) is 2.52. The molecule has 0 saturated carbocycles. The first-order valence-corrected chi connectivity index (χ1v) is 5.04. The molecule has 0 unspecified atom stereocenters. The molecule has 1 aromatic carbocycles. The summed E-state index contributed by atoms with van der Waals surface area (Å²) in [5, 5.41) is 8.73. The Morgan fingerprint density at radius 1 is 1.35 bits per heavy atom. The van der Waals surface area contributed by atoms with Gasteiger partial charge < -0.3 is 5.11 Å². The second-order valence-electron chi connectivity index (χ2n) is 3.64. The van der Waals surface area contributed by atoms with Crippen LogP contribution in [0, 0.1) is 12.7 Å². The lowest BCUT2D eigenvalue weighted by atomic mass is 10.0. The molecule has 4 heteroatoms. The first kappa shape index (κ1) is 11.3. The molecule has 0 amide bonds. The fourth-order valence-electron chi connectivity index (χ4n) is 1.65. The lowest BCUT2D eigenvalue weighted by molar-refractivity contribution is 0.0692. The Hall–Kier alpha value is -2.23. The zero-order valence-corrected chi connectivity index (χ0v) is 9.14. The molecule has 0 aliphatic carbocycles. The molecule has 86 valence electrons. The number of pyridine rings is 1. The Morgan fingerprint density at radius 3 is 2.71 bits per heavy atom. The second kappa shape index (κ2) is 4.33. The summed E-state index contributed by atoms with van der Waals surface area (Å²) in [6, 6.07) is 7.63. The molecular weight excluding hydrogens is 221 g/mol. The number of aromatic carboxylic acids is 1. The van der Waals surface area contributed by atoms with Crippen molar-refractivity contribution in [1.29, 1.82) is 0 Å². The van der Waals surface area contributed by atoms with E-state index >= 15 is 0 Å². The van der Waals surface area contributed by atoms with Crippen molar-refractivity contribution in [3.05, 3.63) is 53.6 Å². The molecule has 0 atom stereocenters. The van der Waals surface area contributed by atoms with Crippen LogP contribution < -0.4 is 0 Å². The number of carboxylic acid groups (broad SMARTS) is 1. The summed E-state index contributed by atoms with van der Waals surface area (Å²) in [6.45, 7) is 1.82. The number of hydrogen-bond donors (Lipinski definition) is 1. The average Bonchev–Trinajstić information content (AvgIpc) is 2.29. The van der Waals surface area contributed by atoms with Crippen LogP contribution in [0.2, 0.25) is 0 Å². The van der Waals surface area contributed by atoms with Gasteiger partial charge in [0.1, 0.15) is 5.82 Å². The lowest BCUT2D eigenvalue weighted by Crippen LogP contribution is -2.00. The molecule has 1 aromatic heterocycles. The average molecular weight is 231 g/mol. The molecule has 1 N–H and O–H groups in total.